The van der Waals surface area contributed by atoms with Gasteiger partial charge in [0.1, 0.15) is 0 Å². The van der Waals surface area contributed by atoms with Crippen molar-refractivity contribution in [3.63, 3.8) is 0 Å². The third-order valence-electron chi connectivity index (χ3n) is 5.82. The summed E-state index contributed by atoms with van der Waals surface area (Å²) in [7, 11) is 0. The van der Waals surface area contributed by atoms with E-state index >= 15 is 0 Å². The van der Waals surface area contributed by atoms with Gasteiger partial charge in [0.05, 0.1) is 23.3 Å². The van der Waals surface area contributed by atoms with Gasteiger partial charge in [0.25, 0.3) is 0 Å². The van der Waals surface area contributed by atoms with Gasteiger partial charge >= 0.3 is 0 Å². The van der Waals surface area contributed by atoms with Crippen LogP contribution in [0.3, 0.4) is 0 Å². The summed E-state index contributed by atoms with van der Waals surface area (Å²) in [6.45, 7) is 1.44. The molecule has 5 rings (SSSR count). The molecule has 4 heterocycles. The van der Waals surface area contributed by atoms with Crippen molar-refractivity contribution >= 4 is 17.2 Å². The molecule has 1 amide bonds. The van der Waals surface area contributed by atoms with Crippen molar-refractivity contribution < 1.29 is 4.79 Å². The SMILES string of the molecule is O=C(Cc1cscn1)N1CCCC(c2nc(-c3ccncc3)ncc2-c2ccccc2)C1. The van der Waals surface area contributed by atoms with E-state index in [4.69, 9.17) is 4.98 Å². The molecular weight excluding hydrogens is 418 g/mol. The number of aromatic nitrogens is 4. The number of carbonyl (C=O) groups excluding carboxylic acids is 1. The third kappa shape index (κ3) is 4.43. The number of amides is 1. The van der Waals surface area contributed by atoms with Crippen molar-refractivity contribution in [1.29, 1.82) is 0 Å². The second-order valence-electron chi connectivity index (χ2n) is 7.93. The Kier molecular flexibility index (Phi) is 5.98. The molecule has 1 aromatic carbocycles. The summed E-state index contributed by atoms with van der Waals surface area (Å²) in [5, 5.41) is 1.94. The number of carbonyl (C=O) groups is 1. The number of thiazole rings is 1. The van der Waals surface area contributed by atoms with Gasteiger partial charge in [-0.05, 0) is 30.5 Å². The molecule has 0 bridgehead atoms. The van der Waals surface area contributed by atoms with E-state index in [1.165, 1.54) is 11.3 Å². The molecule has 32 heavy (non-hydrogen) atoms. The van der Waals surface area contributed by atoms with Crippen molar-refractivity contribution in [1.82, 2.24) is 24.8 Å². The smallest absolute Gasteiger partial charge is 0.228 e. The van der Waals surface area contributed by atoms with Gasteiger partial charge in [0, 0.05) is 54.1 Å². The molecule has 1 atom stereocenters. The molecule has 1 fully saturated rings. The maximum Gasteiger partial charge on any atom is 0.228 e. The standard InChI is InChI=1S/C25H23N5OS/c31-23(13-21-16-32-17-28-21)30-12-4-7-20(15-30)24-22(18-5-2-1-3-6-18)14-27-25(29-24)19-8-10-26-11-9-19/h1-3,5-6,8-11,14,16-17,20H,4,7,12-13,15H2. The zero-order chi connectivity index (χ0) is 21.8. The lowest BCUT2D eigenvalue weighted by molar-refractivity contribution is -0.131. The summed E-state index contributed by atoms with van der Waals surface area (Å²) in [6, 6.07) is 14.1. The first kappa shape index (κ1) is 20.5. The van der Waals surface area contributed by atoms with E-state index in [1.54, 1.807) is 17.9 Å². The van der Waals surface area contributed by atoms with E-state index in [0.29, 0.717) is 18.8 Å². The van der Waals surface area contributed by atoms with Crippen LogP contribution in [0.25, 0.3) is 22.5 Å². The maximum absolute atomic E-state index is 12.9. The quantitative estimate of drug-likeness (QED) is 0.452. The first-order valence-corrected chi connectivity index (χ1v) is 11.7. The maximum atomic E-state index is 12.9. The lowest BCUT2D eigenvalue weighted by atomic mass is 9.89. The molecule has 4 aromatic rings. The number of hydrogen-bond donors (Lipinski definition) is 0. The van der Waals surface area contributed by atoms with Crippen LogP contribution in [0.1, 0.15) is 30.1 Å². The summed E-state index contributed by atoms with van der Waals surface area (Å²) < 4.78 is 0. The molecule has 1 unspecified atom stereocenters. The van der Waals surface area contributed by atoms with Crippen LogP contribution in [0.15, 0.2) is 71.9 Å². The Hall–Kier alpha value is -3.45. The van der Waals surface area contributed by atoms with Gasteiger partial charge in [-0.2, -0.15) is 0 Å². The van der Waals surface area contributed by atoms with Crippen LogP contribution in [0.2, 0.25) is 0 Å². The van der Waals surface area contributed by atoms with E-state index in [-0.39, 0.29) is 11.8 Å². The topological polar surface area (TPSA) is 71.9 Å². The summed E-state index contributed by atoms with van der Waals surface area (Å²) in [4.78, 5) is 33.0. The fourth-order valence-corrected chi connectivity index (χ4v) is 4.76. The molecule has 1 aliphatic heterocycles. The van der Waals surface area contributed by atoms with E-state index in [1.807, 2.05) is 46.8 Å². The molecule has 0 saturated carbocycles. The fourth-order valence-electron chi connectivity index (χ4n) is 4.20. The van der Waals surface area contributed by atoms with Crippen molar-refractivity contribution in [2.75, 3.05) is 13.1 Å². The summed E-state index contributed by atoms with van der Waals surface area (Å²) in [5.74, 6) is 0.972. The summed E-state index contributed by atoms with van der Waals surface area (Å²) in [6.07, 6.45) is 7.73. The molecule has 160 valence electrons. The Morgan fingerprint density at radius 3 is 2.69 bits per heavy atom. The molecule has 3 aromatic heterocycles. The van der Waals surface area contributed by atoms with Crippen LogP contribution in [0.4, 0.5) is 0 Å². The Morgan fingerprint density at radius 1 is 1.06 bits per heavy atom. The molecule has 1 saturated heterocycles. The lowest BCUT2D eigenvalue weighted by Gasteiger charge is -2.33. The van der Waals surface area contributed by atoms with Crippen LogP contribution < -0.4 is 0 Å². The highest BCUT2D eigenvalue weighted by atomic mass is 32.1. The van der Waals surface area contributed by atoms with E-state index in [0.717, 1.165) is 47.5 Å². The average molecular weight is 442 g/mol. The van der Waals surface area contributed by atoms with Crippen molar-refractivity contribution in [3.05, 3.63) is 83.3 Å². The van der Waals surface area contributed by atoms with Gasteiger partial charge < -0.3 is 4.90 Å². The normalized spacial score (nSPS) is 16.1. The Morgan fingerprint density at radius 2 is 1.91 bits per heavy atom. The van der Waals surface area contributed by atoms with E-state index in [2.05, 4.69) is 27.1 Å². The monoisotopic (exact) mass is 441 g/mol. The Balaban J connectivity index is 1.48. The highest BCUT2D eigenvalue weighted by Gasteiger charge is 2.28. The zero-order valence-electron chi connectivity index (χ0n) is 17.6. The highest BCUT2D eigenvalue weighted by molar-refractivity contribution is 7.07. The lowest BCUT2D eigenvalue weighted by Crippen LogP contribution is -2.40. The van der Waals surface area contributed by atoms with Crippen molar-refractivity contribution in [2.24, 2.45) is 0 Å². The minimum Gasteiger partial charge on any atom is -0.342 e. The Labute approximate surface area is 191 Å². The van der Waals surface area contributed by atoms with Crippen molar-refractivity contribution in [2.45, 2.75) is 25.2 Å². The van der Waals surface area contributed by atoms with Gasteiger partial charge in [-0.1, -0.05) is 30.3 Å². The van der Waals surface area contributed by atoms with Crippen LogP contribution in [-0.4, -0.2) is 43.8 Å². The number of nitrogens with zero attached hydrogens (tertiary/aromatic N) is 5. The van der Waals surface area contributed by atoms with Gasteiger partial charge in [-0.3, -0.25) is 9.78 Å². The summed E-state index contributed by atoms with van der Waals surface area (Å²) >= 11 is 1.52. The molecule has 6 nitrogen and oxygen atoms in total. The summed E-state index contributed by atoms with van der Waals surface area (Å²) in [5.41, 5.74) is 6.68. The van der Waals surface area contributed by atoms with Crippen molar-refractivity contribution in [3.8, 4) is 22.5 Å². The first-order valence-electron chi connectivity index (χ1n) is 10.8. The molecule has 1 aliphatic rings. The minimum atomic E-state index is 0.130. The first-order chi connectivity index (χ1) is 15.8. The number of likely N-dealkylation sites (tertiary alicyclic amines) is 1. The molecule has 0 N–H and O–H groups in total. The number of hydrogen-bond acceptors (Lipinski definition) is 6. The number of benzene rings is 1. The molecular formula is C25H23N5OS. The molecule has 0 spiro atoms. The predicted octanol–water partition coefficient (Wildman–Crippen LogP) is 4.61. The molecule has 7 heteroatoms. The predicted molar refractivity (Wildman–Crippen MR) is 125 cm³/mol. The van der Waals surface area contributed by atoms with Gasteiger partial charge in [0.2, 0.25) is 5.91 Å². The van der Waals surface area contributed by atoms with Crippen LogP contribution in [0.5, 0.6) is 0 Å². The second kappa shape index (κ2) is 9.36. The Bertz CT molecular complexity index is 1180. The number of rotatable bonds is 5. The minimum absolute atomic E-state index is 0.130. The largest absolute Gasteiger partial charge is 0.342 e. The average Bonchev–Trinajstić information content (AvgIpc) is 3.38. The van der Waals surface area contributed by atoms with Gasteiger partial charge in [-0.25, -0.2) is 15.0 Å². The number of pyridine rings is 1. The van der Waals surface area contributed by atoms with Gasteiger partial charge in [-0.15, -0.1) is 11.3 Å². The molecule has 0 aliphatic carbocycles. The molecule has 0 radical (unpaired) electrons. The number of piperidine rings is 1. The van der Waals surface area contributed by atoms with Crippen LogP contribution in [0, 0.1) is 0 Å². The third-order valence-corrected chi connectivity index (χ3v) is 6.45. The zero-order valence-corrected chi connectivity index (χ0v) is 18.4. The van der Waals surface area contributed by atoms with E-state index in [9.17, 15) is 4.79 Å². The van der Waals surface area contributed by atoms with Crippen LogP contribution in [-0.2, 0) is 11.2 Å². The fraction of sp³-hybridized carbons (Fsp3) is 0.240. The van der Waals surface area contributed by atoms with Gasteiger partial charge in [0.15, 0.2) is 5.82 Å². The second-order valence-corrected chi connectivity index (χ2v) is 8.65. The highest BCUT2D eigenvalue weighted by Crippen LogP contribution is 2.34. The van der Waals surface area contributed by atoms with E-state index < -0.39 is 0 Å². The van der Waals surface area contributed by atoms with Crippen LogP contribution >= 0.6 is 11.3 Å².